The molecule has 0 heterocycles. The Kier molecular flexibility index (Phi) is 4.08. The van der Waals surface area contributed by atoms with Crippen molar-refractivity contribution in [3.05, 3.63) is 25.3 Å². The average molecular weight is 262 g/mol. The van der Waals surface area contributed by atoms with Gasteiger partial charge in [-0.05, 0) is 31.1 Å². The minimum Gasteiger partial charge on any atom is -0.550 e. The first kappa shape index (κ1) is 13.8. The Hall–Kier alpha value is -1.58. The summed E-state index contributed by atoms with van der Waals surface area (Å²) in [4.78, 5) is 25.5. The molecular weight excluding hydrogens is 242 g/mol. The number of aliphatic carboxylic acids is 1. The van der Waals surface area contributed by atoms with Crippen LogP contribution in [-0.4, -0.2) is 29.9 Å². The van der Waals surface area contributed by atoms with Gasteiger partial charge in [0.25, 0.3) is 0 Å². The minimum absolute atomic E-state index is 0.0822. The first-order valence-corrected chi connectivity index (χ1v) is 6.81. The van der Waals surface area contributed by atoms with Crippen molar-refractivity contribution in [2.24, 2.45) is 23.7 Å². The van der Waals surface area contributed by atoms with Crippen molar-refractivity contribution in [2.45, 2.75) is 19.3 Å². The zero-order valence-corrected chi connectivity index (χ0v) is 11.1. The van der Waals surface area contributed by atoms with Gasteiger partial charge in [0.15, 0.2) is 0 Å². The van der Waals surface area contributed by atoms with Crippen LogP contribution in [0.1, 0.15) is 19.3 Å². The average Bonchev–Trinajstić information content (AvgIpc) is 2.97. The zero-order valence-electron chi connectivity index (χ0n) is 11.1. The predicted octanol–water partition coefficient (Wildman–Crippen LogP) is 0.599. The van der Waals surface area contributed by atoms with Gasteiger partial charge in [0.2, 0.25) is 5.91 Å². The van der Waals surface area contributed by atoms with E-state index in [-0.39, 0.29) is 17.7 Å². The number of nitrogens with zero attached hydrogens (tertiary/aromatic N) is 1. The van der Waals surface area contributed by atoms with Crippen molar-refractivity contribution in [1.29, 1.82) is 0 Å². The molecule has 0 radical (unpaired) electrons. The van der Waals surface area contributed by atoms with Gasteiger partial charge in [0.05, 0.1) is 0 Å². The van der Waals surface area contributed by atoms with E-state index in [0.29, 0.717) is 13.1 Å². The van der Waals surface area contributed by atoms with Gasteiger partial charge in [-0.1, -0.05) is 12.2 Å². The molecule has 19 heavy (non-hydrogen) atoms. The fraction of sp³-hybridized carbons (Fsp3) is 0.600. The lowest BCUT2D eigenvalue weighted by Crippen LogP contribution is -2.47. The van der Waals surface area contributed by atoms with E-state index in [1.165, 1.54) is 0 Å². The molecule has 0 aliphatic heterocycles. The largest absolute Gasteiger partial charge is 0.550 e. The minimum atomic E-state index is -1.07. The van der Waals surface area contributed by atoms with Crippen molar-refractivity contribution >= 4 is 11.9 Å². The van der Waals surface area contributed by atoms with Gasteiger partial charge in [0, 0.05) is 30.9 Å². The molecule has 0 unspecified atom stereocenters. The van der Waals surface area contributed by atoms with E-state index in [9.17, 15) is 14.7 Å². The molecule has 0 aromatic rings. The first-order valence-electron chi connectivity index (χ1n) is 6.81. The van der Waals surface area contributed by atoms with E-state index >= 15 is 0 Å². The summed E-state index contributed by atoms with van der Waals surface area (Å²) >= 11 is 0. The summed E-state index contributed by atoms with van der Waals surface area (Å²) in [6, 6.07) is 0. The predicted molar refractivity (Wildman–Crippen MR) is 69.8 cm³/mol. The highest BCUT2D eigenvalue weighted by Crippen LogP contribution is 2.52. The van der Waals surface area contributed by atoms with Crippen LogP contribution in [0.5, 0.6) is 0 Å². The number of carbonyl (C=O) groups is 2. The second-order valence-electron chi connectivity index (χ2n) is 5.52. The van der Waals surface area contributed by atoms with Crippen molar-refractivity contribution in [2.75, 3.05) is 13.1 Å². The normalized spacial score (nSPS) is 32.0. The molecule has 1 amide bonds. The standard InChI is InChI=1S/C15H21NO3/c1-3-7-16(8-4-2)14(17)12-10-5-6-11(9-10)13(12)15(18)19/h3-4,10-13H,1-2,5-9H2,(H,18,19)/p-1/t10-,11+,12-,13+/m1/s1. The number of rotatable bonds is 6. The molecule has 104 valence electrons. The Morgan fingerprint density at radius 2 is 1.63 bits per heavy atom. The fourth-order valence-corrected chi connectivity index (χ4v) is 3.76. The Balaban J connectivity index is 2.18. The third-order valence-corrected chi connectivity index (χ3v) is 4.48. The van der Waals surface area contributed by atoms with E-state index in [1.54, 1.807) is 17.1 Å². The van der Waals surface area contributed by atoms with Gasteiger partial charge in [-0.3, -0.25) is 4.79 Å². The fourth-order valence-electron chi connectivity index (χ4n) is 3.76. The molecule has 2 fully saturated rings. The monoisotopic (exact) mass is 262 g/mol. The van der Waals surface area contributed by atoms with Crippen molar-refractivity contribution < 1.29 is 14.7 Å². The number of carbonyl (C=O) groups excluding carboxylic acids is 2. The third-order valence-electron chi connectivity index (χ3n) is 4.48. The molecule has 4 heteroatoms. The van der Waals surface area contributed by atoms with Crippen LogP contribution in [-0.2, 0) is 9.59 Å². The van der Waals surface area contributed by atoms with Crippen molar-refractivity contribution in [1.82, 2.24) is 4.90 Å². The van der Waals surface area contributed by atoms with Crippen LogP contribution in [0.25, 0.3) is 0 Å². The molecule has 4 nitrogen and oxygen atoms in total. The lowest BCUT2D eigenvalue weighted by molar-refractivity contribution is -0.314. The van der Waals surface area contributed by atoms with Crippen LogP contribution in [0.3, 0.4) is 0 Å². The van der Waals surface area contributed by atoms with Gasteiger partial charge in [-0.15, -0.1) is 13.2 Å². The Morgan fingerprint density at radius 3 is 2.11 bits per heavy atom. The van der Waals surface area contributed by atoms with E-state index in [2.05, 4.69) is 13.2 Å². The highest BCUT2D eigenvalue weighted by Gasteiger charge is 2.52. The molecule has 2 aliphatic rings. The number of fused-ring (bicyclic) bond motifs is 2. The summed E-state index contributed by atoms with van der Waals surface area (Å²) in [5.41, 5.74) is 0. The Labute approximate surface area is 113 Å². The molecule has 0 saturated heterocycles. The molecule has 2 aliphatic carbocycles. The molecule has 0 N–H and O–H groups in total. The van der Waals surface area contributed by atoms with Crippen LogP contribution >= 0.6 is 0 Å². The quantitative estimate of drug-likeness (QED) is 0.659. The topological polar surface area (TPSA) is 60.4 Å². The summed E-state index contributed by atoms with van der Waals surface area (Å²) in [7, 11) is 0. The Morgan fingerprint density at radius 1 is 1.11 bits per heavy atom. The van der Waals surface area contributed by atoms with Gasteiger partial charge >= 0.3 is 0 Å². The Bertz CT molecular complexity index is 394. The number of hydrogen-bond donors (Lipinski definition) is 0. The molecule has 0 aromatic heterocycles. The summed E-state index contributed by atoms with van der Waals surface area (Å²) < 4.78 is 0. The number of hydrogen-bond acceptors (Lipinski definition) is 3. The van der Waals surface area contributed by atoms with Crippen molar-refractivity contribution in [3.8, 4) is 0 Å². The third kappa shape index (κ3) is 2.44. The summed E-state index contributed by atoms with van der Waals surface area (Å²) in [6.07, 6.45) is 6.03. The van der Waals surface area contributed by atoms with Gasteiger partial charge < -0.3 is 14.8 Å². The number of carboxylic acids is 1. The van der Waals surface area contributed by atoms with Gasteiger partial charge in [-0.2, -0.15) is 0 Å². The SMILES string of the molecule is C=CCN(CC=C)C(=O)[C@@H]1[C@@H]2CC[C@@H](C2)[C@@H]1C(=O)[O-]. The van der Waals surface area contributed by atoms with E-state index in [1.807, 2.05) is 0 Å². The smallest absolute Gasteiger partial charge is 0.227 e. The summed E-state index contributed by atoms with van der Waals surface area (Å²) in [6.45, 7) is 8.13. The zero-order chi connectivity index (χ0) is 14.0. The summed E-state index contributed by atoms with van der Waals surface area (Å²) in [5, 5.41) is 11.3. The molecule has 4 atom stereocenters. The molecule has 2 bridgehead atoms. The second-order valence-corrected chi connectivity index (χ2v) is 5.52. The maximum absolute atomic E-state index is 12.6. The maximum Gasteiger partial charge on any atom is 0.227 e. The molecule has 2 saturated carbocycles. The lowest BCUT2D eigenvalue weighted by atomic mass is 9.78. The van der Waals surface area contributed by atoms with Crippen LogP contribution < -0.4 is 5.11 Å². The lowest BCUT2D eigenvalue weighted by Gasteiger charge is -2.34. The van der Waals surface area contributed by atoms with Gasteiger partial charge in [-0.25, -0.2) is 0 Å². The van der Waals surface area contributed by atoms with Crippen LogP contribution in [0.4, 0.5) is 0 Å². The highest BCUT2D eigenvalue weighted by atomic mass is 16.4. The maximum atomic E-state index is 12.6. The van der Waals surface area contributed by atoms with Crippen LogP contribution in [0.15, 0.2) is 25.3 Å². The van der Waals surface area contributed by atoms with E-state index in [0.717, 1.165) is 19.3 Å². The molecular formula is C15H20NO3-. The molecule has 0 spiro atoms. The number of amides is 1. The van der Waals surface area contributed by atoms with E-state index < -0.39 is 17.8 Å². The van der Waals surface area contributed by atoms with Crippen LogP contribution in [0, 0.1) is 23.7 Å². The number of carboxylic acid groups (broad SMARTS) is 1. The first-order chi connectivity index (χ1) is 9.10. The summed E-state index contributed by atoms with van der Waals surface area (Å²) in [5.74, 6) is -1.84. The highest BCUT2D eigenvalue weighted by molar-refractivity contribution is 5.85. The van der Waals surface area contributed by atoms with Crippen LogP contribution in [0.2, 0.25) is 0 Å². The van der Waals surface area contributed by atoms with Gasteiger partial charge in [0.1, 0.15) is 0 Å². The molecule has 2 rings (SSSR count). The van der Waals surface area contributed by atoms with Crippen molar-refractivity contribution in [3.63, 3.8) is 0 Å². The molecule has 0 aromatic carbocycles. The second kappa shape index (κ2) is 5.59. The van der Waals surface area contributed by atoms with E-state index in [4.69, 9.17) is 0 Å².